The molecule has 1 aromatic rings. The first-order chi connectivity index (χ1) is 11.5. The Morgan fingerprint density at radius 1 is 1.08 bits per heavy atom. The van der Waals surface area contributed by atoms with E-state index in [0.717, 1.165) is 31.2 Å². The second-order valence-electron chi connectivity index (χ2n) is 6.92. The lowest BCUT2D eigenvalue weighted by Gasteiger charge is -2.33. The molecule has 1 saturated heterocycles. The number of cyclic esters (lactones) is 1. The van der Waals surface area contributed by atoms with Crippen molar-refractivity contribution in [3.05, 3.63) is 29.8 Å². The number of nitrogens with one attached hydrogen (secondary N) is 1. The first-order valence-electron chi connectivity index (χ1n) is 8.73. The van der Waals surface area contributed by atoms with Crippen LogP contribution < -0.4 is 4.72 Å². The first kappa shape index (κ1) is 17.4. The molecule has 2 atom stereocenters. The van der Waals surface area contributed by atoms with Crippen molar-refractivity contribution in [1.82, 2.24) is 4.72 Å². The molecule has 0 spiro atoms. The van der Waals surface area contributed by atoms with Gasteiger partial charge in [-0.3, -0.25) is 4.79 Å². The predicted molar refractivity (Wildman–Crippen MR) is 90.9 cm³/mol. The van der Waals surface area contributed by atoms with E-state index in [4.69, 9.17) is 4.74 Å². The average molecular weight is 351 g/mol. The minimum Gasteiger partial charge on any atom is -0.465 e. The molecule has 1 N–H and O–H groups in total. The molecule has 3 rings (SSSR count). The number of hydrogen-bond donors (Lipinski definition) is 1. The molecule has 2 fully saturated rings. The second-order valence-corrected chi connectivity index (χ2v) is 8.63. The van der Waals surface area contributed by atoms with Gasteiger partial charge >= 0.3 is 5.97 Å². The normalized spacial score (nSPS) is 23.9. The SMILES string of the molecule is Cc1ccc(S(=O)(=O)NC(C2CCCCC2)C2CCOC2=O)cc1. The van der Waals surface area contributed by atoms with Crippen molar-refractivity contribution in [1.29, 1.82) is 0 Å². The van der Waals surface area contributed by atoms with Crippen LogP contribution in [0.5, 0.6) is 0 Å². The summed E-state index contributed by atoms with van der Waals surface area (Å²) in [5.41, 5.74) is 1.01. The average Bonchev–Trinajstić information content (AvgIpc) is 3.00. The largest absolute Gasteiger partial charge is 0.465 e. The van der Waals surface area contributed by atoms with E-state index in [1.807, 2.05) is 6.92 Å². The van der Waals surface area contributed by atoms with Gasteiger partial charge in [0.15, 0.2) is 0 Å². The molecule has 6 heteroatoms. The molecule has 1 saturated carbocycles. The highest BCUT2D eigenvalue weighted by molar-refractivity contribution is 7.89. The van der Waals surface area contributed by atoms with Crippen LogP contribution in [-0.2, 0) is 19.6 Å². The van der Waals surface area contributed by atoms with E-state index in [-0.39, 0.29) is 28.7 Å². The summed E-state index contributed by atoms with van der Waals surface area (Å²) in [5.74, 6) is -0.430. The Balaban J connectivity index is 1.84. The highest BCUT2D eigenvalue weighted by Gasteiger charge is 2.41. The summed E-state index contributed by atoms with van der Waals surface area (Å²) in [6, 6.07) is 6.43. The van der Waals surface area contributed by atoms with Gasteiger partial charge < -0.3 is 4.74 Å². The predicted octanol–water partition coefficient (Wildman–Crippen LogP) is 2.79. The Kier molecular flexibility index (Phi) is 5.25. The van der Waals surface area contributed by atoms with Crippen molar-refractivity contribution in [2.24, 2.45) is 11.8 Å². The lowest BCUT2D eigenvalue weighted by molar-refractivity contribution is -0.142. The fourth-order valence-electron chi connectivity index (χ4n) is 3.80. The summed E-state index contributed by atoms with van der Waals surface area (Å²) < 4.78 is 33.5. The number of esters is 1. The Morgan fingerprint density at radius 3 is 2.33 bits per heavy atom. The molecule has 0 amide bonds. The van der Waals surface area contributed by atoms with Gasteiger partial charge in [-0.1, -0.05) is 37.0 Å². The number of rotatable bonds is 5. The summed E-state index contributed by atoms with van der Waals surface area (Å²) in [4.78, 5) is 12.3. The Labute approximate surface area is 143 Å². The van der Waals surface area contributed by atoms with Crippen LogP contribution in [-0.4, -0.2) is 27.0 Å². The number of aryl methyl sites for hydroxylation is 1. The zero-order chi connectivity index (χ0) is 17.2. The third-order valence-electron chi connectivity index (χ3n) is 5.19. The highest BCUT2D eigenvalue weighted by atomic mass is 32.2. The molecule has 1 heterocycles. The van der Waals surface area contributed by atoms with Gasteiger partial charge in [-0.2, -0.15) is 0 Å². The van der Waals surface area contributed by atoms with Crippen molar-refractivity contribution in [2.45, 2.75) is 56.4 Å². The van der Waals surface area contributed by atoms with Crippen LogP contribution in [0.3, 0.4) is 0 Å². The van der Waals surface area contributed by atoms with E-state index in [0.29, 0.717) is 13.0 Å². The van der Waals surface area contributed by atoms with Crippen LogP contribution in [0, 0.1) is 18.8 Å². The number of hydrogen-bond acceptors (Lipinski definition) is 4. The zero-order valence-electron chi connectivity index (χ0n) is 14.0. The maximum absolute atomic E-state index is 12.8. The summed E-state index contributed by atoms with van der Waals surface area (Å²) in [5, 5.41) is 0. The number of ether oxygens (including phenoxy) is 1. The van der Waals surface area contributed by atoms with Gasteiger partial charge in [0, 0.05) is 6.04 Å². The van der Waals surface area contributed by atoms with E-state index in [2.05, 4.69) is 4.72 Å². The number of sulfonamides is 1. The summed E-state index contributed by atoms with van der Waals surface area (Å²) >= 11 is 0. The van der Waals surface area contributed by atoms with Crippen LogP contribution in [0.15, 0.2) is 29.2 Å². The van der Waals surface area contributed by atoms with Gasteiger partial charge in [0.2, 0.25) is 10.0 Å². The summed E-state index contributed by atoms with van der Waals surface area (Å²) in [6.07, 6.45) is 5.89. The van der Waals surface area contributed by atoms with Crippen LogP contribution in [0.4, 0.5) is 0 Å². The molecule has 1 aliphatic carbocycles. The van der Waals surface area contributed by atoms with Crippen molar-refractivity contribution >= 4 is 16.0 Å². The van der Waals surface area contributed by atoms with Crippen LogP contribution in [0.1, 0.15) is 44.1 Å². The fourth-order valence-corrected chi connectivity index (χ4v) is 5.15. The standard InChI is InChI=1S/C18H25NO4S/c1-13-7-9-15(10-8-13)24(21,22)19-17(14-5-3-2-4-6-14)16-11-12-23-18(16)20/h7-10,14,16-17,19H,2-6,11-12H2,1H3. The Bertz CT molecular complexity index is 677. The zero-order valence-corrected chi connectivity index (χ0v) is 14.8. The molecular formula is C18H25NO4S. The number of carbonyl (C=O) groups excluding carboxylic acids is 1. The van der Waals surface area contributed by atoms with Crippen LogP contribution in [0.2, 0.25) is 0 Å². The monoisotopic (exact) mass is 351 g/mol. The molecule has 0 bridgehead atoms. The molecule has 1 aromatic carbocycles. The molecule has 2 unspecified atom stereocenters. The second kappa shape index (κ2) is 7.23. The Hall–Kier alpha value is -1.40. The molecular weight excluding hydrogens is 326 g/mol. The van der Waals surface area contributed by atoms with E-state index in [9.17, 15) is 13.2 Å². The van der Waals surface area contributed by atoms with Gasteiger partial charge in [-0.15, -0.1) is 0 Å². The number of benzene rings is 1. The van der Waals surface area contributed by atoms with E-state index < -0.39 is 10.0 Å². The van der Waals surface area contributed by atoms with Gasteiger partial charge in [0.05, 0.1) is 17.4 Å². The van der Waals surface area contributed by atoms with E-state index in [1.165, 1.54) is 6.42 Å². The molecule has 132 valence electrons. The third kappa shape index (κ3) is 3.81. The molecule has 24 heavy (non-hydrogen) atoms. The van der Waals surface area contributed by atoms with E-state index in [1.54, 1.807) is 24.3 Å². The van der Waals surface area contributed by atoms with Gasteiger partial charge in [-0.05, 0) is 44.2 Å². The third-order valence-corrected chi connectivity index (χ3v) is 6.66. The first-order valence-corrected chi connectivity index (χ1v) is 10.2. The minimum absolute atomic E-state index is 0.203. The maximum Gasteiger partial charge on any atom is 0.310 e. The molecule has 0 radical (unpaired) electrons. The van der Waals surface area contributed by atoms with Gasteiger partial charge in [0.1, 0.15) is 0 Å². The topological polar surface area (TPSA) is 72.5 Å². The molecule has 2 aliphatic rings. The molecule has 5 nitrogen and oxygen atoms in total. The Morgan fingerprint density at radius 2 is 1.75 bits per heavy atom. The van der Waals surface area contributed by atoms with Crippen molar-refractivity contribution < 1.29 is 17.9 Å². The van der Waals surface area contributed by atoms with Gasteiger partial charge in [-0.25, -0.2) is 13.1 Å². The highest BCUT2D eigenvalue weighted by Crippen LogP contribution is 2.33. The van der Waals surface area contributed by atoms with Crippen LogP contribution >= 0.6 is 0 Å². The maximum atomic E-state index is 12.8. The number of carbonyl (C=O) groups is 1. The fraction of sp³-hybridized carbons (Fsp3) is 0.611. The molecule has 1 aliphatic heterocycles. The summed E-state index contributed by atoms with van der Waals surface area (Å²) in [6.45, 7) is 2.31. The van der Waals surface area contributed by atoms with Crippen LogP contribution in [0.25, 0.3) is 0 Å². The summed E-state index contributed by atoms with van der Waals surface area (Å²) in [7, 11) is -3.64. The van der Waals surface area contributed by atoms with Gasteiger partial charge in [0.25, 0.3) is 0 Å². The minimum atomic E-state index is -3.64. The van der Waals surface area contributed by atoms with Crippen molar-refractivity contribution in [3.63, 3.8) is 0 Å². The lowest BCUT2D eigenvalue weighted by Crippen LogP contribution is -2.47. The van der Waals surface area contributed by atoms with E-state index >= 15 is 0 Å². The lowest BCUT2D eigenvalue weighted by atomic mass is 9.79. The quantitative estimate of drug-likeness (QED) is 0.828. The smallest absolute Gasteiger partial charge is 0.310 e. The molecule has 0 aromatic heterocycles. The van der Waals surface area contributed by atoms with Crippen molar-refractivity contribution in [3.8, 4) is 0 Å². The van der Waals surface area contributed by atoms with Crippen molar-refractivity contribution in [2.75, 3.05) is 6.61 Å².